The van der Waals surface area contributed by atoms with Gasteiger partial charge in [0, 0.05) is 0 Å². The molecule has 0 rings (SSSR count). The van der Waals surface area contributed by atoms with Gasteiger partial charge in [0.2, 0.25) is 0 Å². The van der Waals surface area contributed by atoms with Crippen molar-refractivity contribution in [3.8, 4) is 0 Å². The Labute approximate surface area is 70.6 Å². The van der Waals surface area contributed by atoms with Gasteiger partial charge in [-0.2, -0.15) is 0 Å². The number of hydrogen-bond acceptors (Lipinski definition) is 1. The van der Waals surface area contributed by atoms with Crippen LogP contribution in [0.25, 0.3) is 0 Å². The molecule has 0 radical (unpaired) electrons. The summed E-state index contributed by atoms with van der Waals surface area (Å²) in [5.41, 5.74) is 0.592. The number of Topliss-reactive ketones (excluding diaryl/α,β-unsaturated/α-hetero) is 1. The Kier molecular flexibility index (Phi) is 3.29. The second-order valence-electron chi connectivity index (χ2n) is 3.29. The summed E-state index contributed by atoms with van der Waals surface area (Å²) in [5.74, 6) is 0.0903. The lowest BCUT2D eigenvalue weighted by Crippen LogP contribution is -2.17. The molecule has 1 nitrogen and oxygen atoms in total. The molecule has 0 N–H and O–H groups in total. The lowest BCUT2D eigenvalue weighted by atomic mass is 9.86. The second kappa shape index (κ2) is 3.33. The zero-order valence-electron chi connectivity index (χ0n) is 6.70. The van der Waals surface area contributed by atoms with Gasteiger partial charge in [-0.05, 0) is 11.0 Å². The molecule has 0 aromatic heterocycles. The summed E-state index contributed by atoms with van der Waals surface area (Å²) in [6, 6.07) is 0. The molecule has 0 amide bonds. The molecule has 0 aromatic carbocycles. The highest BCUT2D eigenvalue weighted by molar-refractivity contribution is 9.09. The van der Waals surface area contributed by atoms with E-state index in [9.17, 15) is 4.79 Å². The number of halogens is 1. The molecule has 0 aromatic rings. The molecule has 0 heterocycles. The first-order valence-corrected chi connectivity index (χ1v) is 4.30. The van der Waals surface area contributed by atoms with Crippen molar-refractivity contribution in [1.82, 2.24) is 0 Å². The van der Waals surface area contributed by atoms with Crippen LogP contribution in [0.4, 0.5) is 0 Å². The van der Waals surface area contributed by atoms with Gasteiger partial charge in [0.15, 0.2) is 5.78 Å². The molecule has 0 aliphatic carbocycles. The van der Waals surface area contributed by atoms with Crippen LogP contribution in [0, 0.1) is 5.41 Å². The monoisotopic (exact) mass is 204 g/mol. The van der Waals surface area contributed by atoms with Crippen molar-refractivity contribution in [2.45, 2.75) is 20.8 Å². The van der Waals surface area contributed by atoms with Crippen LogP contribution in [0.2, 0.25) is 0 Å². The Morgan fingerprint density at radius 1 is 1.50 bits per heavy atom. The van der Waals surface area contributed by atoms with Crippen LogP contribution in [0.3, 0.4) is 0 Å². The van der Waals surface area contributed by atoms with Gasteiger partial charge in [-0.25, -0.2) is 0 Å². The quantitative estimate of drug-likeness (QED) is 0.500. The van der Waals surface area contributed by atoms with E-state index in [1.807, 2.05) is 20.8 Å². The van der Waals surface area contributed by atoms with Gasteiger partial charge < -0.3 is 0 Å². The van der Waals surface area contributed by atoms with Crippen molar-refractivity contribution in [2.24, 2.45) is 5.41 Å². The van der Waals surface area contributed by atoms with E-state index in [0.717, 1.165) is 0 Å². The molecule has 0 aliphatic heterocycles. The average Bonchev–Trinajstić information content (AvgIpc) is 1.83. The molecule has 0 bridgehead atoms. The minimum absolute atomic E-state index is 0.0903. The van der Waals surface area contributed by atoms with Gasteiger partial charge in [0.25, 0.3) is 0 Å². The maximum atomic E-state index is 11.0. The first-order chi connectivity index (χ1) is 4.39. The van der Waals surface area contributed by atoms with Crippen molar-refractivity contribution in [3.63, 3.8) is 0 Å². The van der Waals surface area contributed by atoms with Crippen LogP contribution in [0.1, 0.15) is 20.8 Å². The molecule has 0 spiro atoms. The fraction of sp³-hybridized carbons (Fsp3) is 0.625. The van der Waals surface area contributed by atoms with E-state index in [2.05, 4.69) is 22.5 Å². The van der Waals surface area contributed by atoms with Crippen LogP contribution in [0.15, 0.2) is 12.2 Å². The Morgan fingerprint density at radius 2 is 1.90 bits per heavy atom. The molecule has 0 aliphatic rings. The van der Waals surface area contributed by atoms with Gasteiger partial charge >= 0.3 is 0 Å². The number of alkyl halides is 1. The Morgan fingerprint density at radius 3 is 2.00 bits per heavy atom. The lowest BCUT2D eigenvalue weighted by Gasteiger charge is -2.19. The molecule has 0 fully saturated rings. The van der Waals surface area contributed by atoms with Gasteiger partial charge in [0.05, 0.1) is 5.33 Å². The molecular weight excluding hydrogens is 192 g/mol. The largest absolute Gasteiger partial charge is 0.294 e. The number of carbonyl (C=O) groups is 1. The molecule has 0 atom stereocenters. The van der Waals surface area contributed by atoms with Crippen LogP contribution < -0.4 is 0 Å². The van der Waals surface area contributed by atoms with E-state index in [-0.39, 0.29) is 11.2 Å². The zero-order chi connectivity index (χ0) is 8.36. The van der Waals surface area contributed by atoms with Crippen LogP contribution in [-0.4, -0.2) is 11.1 Å². The predicted molar refractivity (Wildman–Crippen MR) is 47.4 cm³/mol. The van der Waals surface area contributed by atoms with E-state index in [1.54, 1.807) is 0 Å². The van der Waals surface area contributed by atoms with E-state index in [0.29, 0.717) is 10.9 Å². The van der Waals surface area contributed by atoms with Crippen LogP contribution in [-0.2, 0) is 4.79 Å². The summed E-state index contributed by atoms with van der Waals surface area (Å²) in [4.78, 5) is 11.0. The van der Waals surface area contributed by atoms with Crippen molar-refractivity contribution < 1.29 is 4.79 Å². The molecule has 0 unspecified atom stereocenters. The zero-order valence-corrected chi connectivity index (χ0v) is 8.29. The van der Waals surface area contributed by atoms with E-state index in [1.165, 1.54) is 0 Å². The summed E-state index contributed by atoms with van der Waals surface area (Å²) in [6.45, 7) is 9.66. The topological polar surface area (TPSA) is 17.1 Å². The predicted octanol–water partition coefficient (Wildman–Crippen LogP) is 2.55. The number of hydrogen-bond donors (Lipinski definition) is 0. The summed E-state index contributed by atoms with van der Waals surface area (Å²) < 4.78 is 0. The average molecular weight is 205 g/mol. The van der Waals surface area contributed by atoms with E-state index < -0.39 is 0 Å². The maximum absolute atomic E-state index is 11.0. The minimum Gasteiger partial charge on any atom is -0.294 e. The normalized spacial score (nSPS) is 11.2. The van der Waals surface area contributed by atoms with Gasteiger partial charge in [-0.3, -0.25) is 4.79 Å². The van der Waals surface area contributed by atoms with Crippen LogP contribution >= 0.6 is 15.9 Å². The number of rotatable bonds is 2. The number of carbonyl (C=O) groups excluding carboxylic acids is 1. The fourth-order valence-electron chi connectivity index (χ4n) is 0.499. The number of ketones is 1. The number of allylic oxidation sites excluding steroid dienone is 1. The lowest BCUT2D eigenvalue weighted by molar-refractivity contribution is -0.113. The van der Waals surface area contributed by atoms with Crippen molar-refractivity contribution >= 4 is 21.7 Å². The van der Waals surface area contributed by atoms with E-state index >= 15 is 0 Å². The Hall–Kier alpha value is -0.110. The van der Waals surface area contributed by atoms with Gasteiger partial charge in [-0.1, -0.05) is 43.3 Å². The van der Waals surface area contributed by atoms with E-state index in [4.69, 9.17) is 0 Å². The Bertz CT molecular complexity index is 153. The summed E-state index contributed by atoms with van der Waals surface area (Å²) >= 11 is 3.10. The molecular formula is C8H13BrO. The maximum Gasteiger partial charge on any atom is 0.169 e. The standard InChI is InChI=1S/C8H13BrO/c1-6(7(10)5-9)8(2,3)4/h1,5H2,2-4H3. The van der Waals surface area contributed by atoms with Crippen LogP contribution in [0.5, 0.6) is 0 Å². The minimum atomic E-state index is -0.0924. The summed E-state index contributed by atoms with van der Waals surface area (Å²) in [7, 11) is 0. The Balaban J connectivity index is 4.24. The second-order valence-corrected chi connectivity index (χ2v) is 3.85. The van der Waals surface area contributed by atoms with Crippen molar-refractivity contribution in [2.75, 3.05) is 5.33 Å². The fourth-order valence-corrected chi connectivity index (χ4v) is 0.837. The smallest absolute Gasteiger partial charge is 0.169 e. The third-order valence-electron chi connectivity index (χ3n) is 1.36. The molecule has 0 saturated carbocycles. The van der Waals surface area contributed by atoms with Crippen molar-refractivity contribution in [1.29, 1.82) is 0 Å². The first kappa shape index (κ1) is 9.89. The first-order valence-electron chi connectivity index (χ1n) is 3.18. The van der Waals surface area contributed by atoms with Crippen molar-refractivity contribution in [3.05, 3.63) is 12.2 Å². The molecule has 58 valence electrons. The molecule has 0 saturated heterocycles. The SMILES string of the molecule is C=C(C(=O)CBr)C(C)(C)C. The van der Waals surface area contributed by atoms with Gasteiger partial charge in [0.1, 0.15) is 0 Å². The summed E-state index contributed by atoms with van der Waals surface area (Å²) in [5, 5.41) is 0.378. The third kappa shape index (κ3) is 2.65. The molecule has 10 heavy (non-hydrogen) atoms. The summed E-state index contributed by atoms with van der Waals surface area (Å²) in [6.07, 6.45) is 0. The highest BCUT2D eigenvalue weighted by Crippen LogP contribution is 2.24. The highest BCUT2D eigenvalue weighted by atomic mass is 79.9. The highest BCUT2D eigenvalue weighted by Gasteiger charge is 2.19. The third-order valence-corrected chi connectivity index (χ3v) is 1.87. The molecule has 2 heteroatoms. The van der Waals surface area contributed by atoms with Gasteiger partial charge in [-0.15, -0.1) is 0 Å².